The van der Waals surface area contributed by atoms with Crippen molar-refractivity contribution in [2.24, 2.45) is 0 Å². The summed E-state index contributed by atoms with van der Waals surface area (Å²) >= 11 is 3.36. The van der Waals surface area contributed by atoms with E-state index in [1.54, 1.807) is 23.1 Å². The van der Waals surface area contributed by atoms with Gasteiger partial charge in [0.1, 0.15) is 13.2 Å². The molecule has 4 rings (SSSR count). The Morgan fingerprint density at radius 3 is 2.76 bits per heavy atom. The van der Waals surface area contributed by atoms with Gasteiger partial charge in [-0.15, -0.1) is 33.3 Å². The molecule has 7 heteroatoms. The van der Waals surface area contributed by atoms with Crippen LogP contribution < -0.4 is 9.47 Å². The Hall–Kier alpha value is -1.99. The van der Waals surface area contributed by atoms with Crippen LogP contribution in [0.5, 0.6) is 11.5 Å². The van der Waals surface area contributed by atoms with E-state index in [-0.39, 0.29) is 0 Å². The van der Waals surface area contributed by atoms with Gasteiger partial charge >= 0.3 is 0 Å². The summed E-state index contributed by atoms with van der Waals surface area (Å²) in [6, 6.07) is 8.07. The molecule has 0 radical (unpaired) electrons. The van der Waals surface area contributed by atoms with Crippen LogP contribution in [0.2, 0.25) is 0 Å². The fourth-order valence-corrected chi connectivity index (χ4v) is 4.44. The second kappa shape index (κ2) is 7.09. The molecule has 2 aromatic heterocycles. The number of hydrogen-bond acceptors (Lipinski definition) is 7. The number of nitrogens with zero attached hydrogens (tertiary/aromatic N) is 2. The minimum Gasteiger partial charge on any atom is -0.486 e. The number of thiophene rings is 1. The zero-order chi connectivity index (χ0) is 17.2. The Morgan fingerprint density at radius 1 is 1.12 bits per heavy atom. The topological polar surface area (TPSA) is 57.4 Å². The van der Waals surface area contributed by atoms with E-state index in [4.69, 9.17) is 13.9 Å². The minimum atomic E-state index is 0.591. The molecule has 5 nitrogen and oxygen atoms in total. The first-order chi connectivity index (χ1) is 12.2. The van der Waals surface area contributed by atoms with Crippen molar-refractivity contribution in [3.05, 3.63) is 40.6 Å². The zero-order valence-corrected chi connectivity index (χ0v) is 15.7. The van der Waals surface area contributed by atoms with E-state index in [1.807, 2.05) is 18.2 Å². The van der Waals surface area contributed by atoms with Crippen molar-refractivity contribution in [2.45, 2.75) is 30.9 Å². The molecule has 1 aliphatic heterocycles. The highest BCUT2D eigenvalue weighted by molar-refractivity contribution is 7.98. The number of ether oxygens (including phenoxy) is 2. The third-order valence-corrected chi connectivity index (χ3v) is 6.24. The third-order valence-electron chi connectivity index (χ3n) is 3.90. The van der Waals surface area contributed by atoms with E-state index in [1.165, 1.54) is 10.4 Å². The van der Waals surface area contributed by atoms with Gasteiger partial charge in [-0.1, -0.05) is 6.92 Å². The van der Waals surface area contributed by atoms with Crippen molar-refractivity contribution in [3.8, 4) is 22.3 Å². The van der Waals surface area contributed by atoms with Gasteiger partial charge < -0.3 is 13.9 Å². The highest BCUT2D eigenvalue weighted by Crippen LogP contribution is 2.36. The molecule has 25 heavy (non-hydrogen) atoms. The van der Waals surface area contributed by atoms with Crippen molar-refractivity contribution in [1.82, 2.24) is 10.2 Å². The van der Waals surface area contributed by atoms with Gasteiger partial charge in [-0.3, -0.25) is 0 Å². The first-order valence-electron chi connectivity index (χ1n) is 8.17. The predicted octanol–water partition coefficient (Wildman–Crippen LogP) is 4.73. The molecule has 0 aliphatic carbocycles. The number of aryl methyl sites for hydroxylation is 2. The van der Waals surface area contributed by atoms with E-state index in [0.29, 0.717) is 30.7 Å². The smallest absolute Gasteiger partial charge is 0.257 e. The molecular formula is C18H18N2O3S2. The van der Waals surface area contributed by atoms with Crippen LogP contribution in [-0.2, 0) is 12.2 Å². The van der Waals surface area contributed by atoms with Crippen molar-refractivity contribution < 1.29 is 13.9 Å². The van der Waals surface area contributed by atoms with Crippen LogP contribution in [0.1, 0.15) is 23.3 Å². The molecule has 130 valence electrons. The van der Waals surface area contributed by atoms with Gasteiger partial charge in [0.05, 0.1) is 10.6 Å². The van der Waals surface area contributed by atoms with Crippen LogP contribution in [0, 0.1) is 6.92 Å². The van der Waals surface area contributed by atoms with Crippen molar-refractivity contribution in [2.75, 3.05) is 13.2 Å². The van der Waals surface area contributed by atoms with E-state index in [2.05, 4.69) is 30.1 Å². The van der Waals surface area contributed by atoms with Crippen LogP contribution >= 0.6 is 23.1 Å². The molecule has 0 amide bonds. The number of benzene rings is 1. The number of rotatable bonds is 5. The van der Waals surface area contributed by atoms with E-state index in [0.717, 1.165) is 27.7 Å². The van der Waals surface area contributed by atoms with Crippen LogP contribution in [0.15, 0.2) is 33.6 Å². The first-order valence-corrected chi connectivity index (χ1v) is 9.97. The quantitative estimate of drug-likeness (QED) is 0.602. The summed E-state index contributed by atoms with van der Waals surface area (Å²) in [4.78, 5) is 3.49. The van der Waals surface area contributed by atoms with Crippen LogP contribution in [0.25, 0.3) is 10.8 Å². The summed E-state index contributed by atoms with van der Waals surface area (Å²) in [6.45, 7) is 5.47. The van der Waals surface area contributed by atoms with Gasteiger partial charge in [0.25, 0.3) is 5.89 Å². The molecule has 0 N–H and O–H groups in total. The van der Waals surface area contributed by atoms with Crippen molar-refractivity contribution >= 4 is 23.1 Å². The zero-order valence-electron chi connectivity index (χ0n) is 14.1. The first kappa shape index (κ1) is 16.5. The second-order valence-corrected chi connectivity index (χ2v) is 7.85. The lowest BCUT2D eigenvalue weighted by Gasteiger charge is -2.18. The Bertz CT molecular complexity index is 888. The average Bonchev–Trinajstić information content (AvgIpc) is 3.26. The van der Waals surface area contributed by atoms with Gasteiger partial charge in [0.15, 0.2) is 11.5 Å². The maximum Gasteiger partial charge on any atom is 0.257 e. The highest BCUT2D eigenvalue weighted by atomic mass is 32.2. The summed E-state index contributed by atoms with van der Waals surface area (Å²) in [7, 11) is 0. The molecule has 3 heterocycles. The van der Waals surface area contributed by atoms with E-state index < -0.39 is 0 Å². The molecule has 0 fully saturated rings. The van der Waals surface area contributed by atoms with Gasteiger partial charge in [0.2, 0.25) is 5.89 Å². The van der Waals surface area contributed by atoms with Crippen LogP contribution in [-0.4, -0.2) is 23.4 Å². The summed E-state index contributed by atoms with van der Waals surface area (Å²) in [6.07, 6.45) is 1.03. The summed E-state index contributed by atoms with van der Waals surface area (Å²) < 4.78 is 17.0. The Balaban J connectivity index is 1.44. The molecule has 3 aromatic rings. The summed E-state index contributed by atoms with van der Waals surface area (Å²) in [5.41, 5.74) is 1.29. The lowest BCUT2D eigenvalue weighted by atomic mass is 10.2. The molecule has 0 bridgehead atoms. The second-order valence-electron chi connectivity index (χ2n) is 5.67. The van der Waals surface area contributed by atoms with Crippen molar-refractivity contribution in [1.29, 1.82) is 0 Å². The molecule has 0 saturated carbocycles. The summed E-state index contributed by atoms with van der Waals surface area (Å²) in [5, 5.41) is 8.37. The Morgan fingerprint density at radius 2 is 1.96 bits per heavy atom. The number of hydrogen-bond donors (Lipinski definition) is 0. The van der Waals surface area contributed by atoms with Gasteiger partial charge in [-0.05, 0) is 43.2 Å². The molecule has 0 unspecified atom stereocenters. The number of thioether (sulfide) groups is 1. The molecular weight excluding hydrogens is 356 g/mol. The number of aromatic nitrogens is 2. The van der Waals surface area contributed by atoms with Crippen LogP contribution in [0.3, 0.4) is 0 Å². The fraction of sp³-hybridized carbons (Fsp3) is 0.333. The average molecular weight is 374 g/mol. The lowest BCUT2D eigenvalue weighted by molar-refractivity contribution is 0.171. The molecule has 1 aromatic carbocycles. The van der Waals surface area contributed by atoms with Gasteiger partial charge in [-0.25, -0.2) is 0 Å². The SMILES string of the molecule is CCc1sc(-c2nnc(CSc3ccc4c(c3)OCCO4)o2)cc1C. The predicted molar refractivity (Wildman–Crippen MR) is 98.7 cm³/mol. The fourth-order valence-electron chi connectivity index (χ4n) is 2.65. The van der Waals surface area contributed by atoms with Gasteiger partial charge in [0, 0.05) is 9.77 Å². The standard InChI is InChI=1S/C18H18N2O3S2/c1-3-15-11(2)8-16(25-15)18-20-19-17(23-18)10-24-12-4-5-13-14(9-12)22-7-6-21-13/h4-5,8-9H,3,6-7,10H2,1-2H3. The highest BCUT2D eigenvalue weighted by Gasteiger charge is 2.15. The lowest BCUT2D eigenvalue weighted by Crippen LogP contribution is -2.15. The third kappa shape index (κ3) is 3.52. The monoisotopic (exact) mass is 374 g/mol. The Labute approximate surface area is 154 Å². The minimum absolute atomic E-state index is 0.591. The van der Waals surface area contributed by atoms with E-state index in [9.17, 15) is 0 Å². The largest absolute Gasteiger partial charge is 0.486 e. The number of fused-ring (bicyclic) bond motifs is 1. The maximum atomic E-state index is 5.83. The molecule has 0 spiro atoms. The normalized spacial score (nSPS) is 13.2. The molecule has 0 saturated heterocycles. The van der Waals surface area contributed by atoms with E-state index >= 15 is 0 Å². The van der Waals surface area contributed by atoms with Crippen molar-refractivity contribution in [3.63, 3.8) is 0 Å². The Kier molecular flexibility index (Phi) is 4.67. The van der Waals surface area contributed by atoms with Crippen LogP contribution in [0.4, 0.5) is 0 Å². The summed E-state index contributed by atoms with van der Waals surface area (Å²) in [5.74, 6) is 3.45. The molecule has 1 aliphatic rings. The van der Waals surface area contributed by atoms with Gasteiger partial charge in [-0.2, -0.15) is 0 Å². The molecule has 0 atom stereocenters. The maximum absolute atomic E-state index is 5.83.